The summed E-state index contributed by atoms with van der Waals surface area (Å²) >= 11 is 0. The molecule has 0 aromatic heterocycles. The molecule has 0 fully saturated rings. The van der Waals surface area contributed by atoms with Crippen molar-refractivity contribution in [2.24, 2.45) is 0 Å². The molecule has 0 atom stereocenters. The maximum absolute atomic E-state index is 14.8. The Morgan fingerprint density at radius 3 is 1.91 bits per heavy atom. The first-order chi connectivity index (χ1) is 17.0. The van der Waals surface area contributed by atoms with Crippen LogP contribution in [0.4, 0.5) is 8.78 Å². The molecule has 192 valence electrons. The Morgan fingerprint density at radius 1 is 0.743 bits per heavy atom. The predicted molar refractivity (Wildman–Crippen MR) is 143 cm³/mol. The van der Waals surface area contributed by atoms with E-state index in [-0.39, 0.29) is 17.5 Å². The second-order valence-electron chi connectivity index (χ2n) is 9.52. The fourth-order valence-electron chi connectivity index (χ4n) is 4.39. The first kappa shape index (κ1) is 28.7. The number of allylic oxidation sites excluding steroid dienone is 1. The molecule has 0 radical (unpaired) electrons. The molecule has 0 aliphatic heterocycles. The lowest BCUT2D eigenvalue weighted by Crippen LogP contribution is -2.00. The third-order valence-corrected chi connectivity index (χ3v) is 6.58. The summed E-state index contributed by atoms with van der Waals surface area (Å²) in [6.45, 7) is 4.34. The van der Waals surface area contributed by atoms with E-state index in [2.05, 4.69) is 13.8 Å². The minimum absolute atomic E-state index is 0.0683. The van der Waals surface area contributed by atoms with E-state index in [0.29, 0.717) is 17.5 Å². The van der Waals surface area contributed by atoms with Crippen molar-refractivity contribution in [2.45, 2.75) is 104 Å². The molecule has 0 aliphatic rings. The highest BCUT2D eigenvalue weighted by atomic mass is 19.2. The van der Waals surface area contributed by atoms with Gasteiger partial charge in [-0.2, -0.15) is 0 Å². The van der Waals surface area contributed by atoms with Gasteiger partial charge in [0.25, 0.3) is 0 Å². The lowest BCUT2D eigenvalue weighted by molar-refractivity contribution is 0.0697. The van der Waals surface area contributed by atoms with Gasteiger partial charge in [0, 0.05) is 12.0 Å². The molecule has 2 aromatic rings. The molecule has 0 bridgehead atoms. The highest BCUT2D eigenvalue weighted by molar-refractivity contribution is 5.96. The standard InChI is InChI=1S/C31H42F2O2/c1-3-5-7-9-10-12-13-15-24-17-19-25(20-18-24)28-23-26(21-22-27(28)31(34)35)30(33)29(32)16-14-11-8-6-4-2/h17-23H,3-16H2,1-2H3,(H,34,35). The Kier molecular flexibility index (Phi) is 13.3. The number of hydrogen-bond donors (Lipinski definition) is 1. The van der Waals surface area contributed by atoms with E-state index in [4.69, 9.17) is 0 Å². The van der Waals surface area contributed by atoms with Crippen LogP contribution >= 0.6 is 0 Å². The summed E-state index contributed by atoms with van der Waals surface area (Å²) in [6, 6.07) is 12.0. The van der Waals surface area contributed by atoms with Gasteiger partial charge in [-0.3, -0.25) is 0 Å². The van der Waals surface area contributed by atoms with E-state index in [9.17, 15) is 18.7 Å². The van der Waals surface area contributed by atoms with E-state index < -0.39 is 17.6 Å². The van der Waals surface area contributed by atoms with Crippen LogP contribution in [0.3, 0.4) is 0 Å². The van der Waals surface area contributed by atoms with Crippen LogP contribution in [-0.4, -0.2) is 11.1 Å². The lowest BCUT2D eigenvalue weighted by Gasteiger charge is -2.11. The normalized spacial score (nSPS) is 12.0. The topological polar surface area (TPSA) is 37.3 Å². The summed E-state index contributed by atoms with van der Waals surface area (Å²) in [7, 11) is 0. The molecule has 2 aromatic carbocycles. The molecule has 2 nitrogen and oxygen atoms in total. The van der Waals surface area contributed by atoms with Gasteiger partial charge in [0.05, 0.1) is 5.56 Å². The number of benzene rings is 2. The van der Waals surface area contributed by atoms with Crippen molar-refractivity contribution in [1.82, 2.24) is 0 Å². The molecular formula is C31H42F2O2. The number of unbranched alkanes of at least 4 members (excludes halogenated alkanes) is 10. The second kappa shape index (κ2) is 16.2. The summed E-state index contributed by atoms with van der Waals surface area (Å²) in [5.41, 5.74) is 2.48. The second-order valence-corrected chi connectivity index (χ2v) is 9.52. The number of hydrogen-bond acceptors (Lipinski definition) is 1. The van der Waals surface area contributed by atoms with E-state index in [1.54, 1.807) is 0 Å². The number of aryl methyl sites for hydroxylation is 1. The Bertz CT molecular complexity index is 931. The van der Waals surface area contributed by atoms with Crippen molar-refractivity contribution in [1.29, 1.82) is 0 Å². The molecule has 0 aliphatic carbocycles. The van der Waals surface area contributed by atoms with Crippen molar-refractivity contribution in [2.75, 3.05) is 0 Å². The molecule has 0 unspecified atom stereocenters. The smallest absolute Gasteiger partial charge is 0.336 e. The van der Waals surface area contributed by atoms with Crippen molar-refractivity contribution >= 4 is 11.8 Å². The highest BCUT2D eigenvalue weighted by Gasteiger charge is 2.16. The fourth-order valence-corrected chi connectivity index (χ4v) is 4.39. The van der Waals surface area contributed by atoms with Crippen LogP contribution in [0, 0.1) is 0 Å². The highest BCUT2D eigenvalue weighted by Crippen LogP contribution is 2.32. The quantitative estimate of drug-likeness (QED) is 0.227. The Labute approximate surface area is 210 Å². The summed E-state index contributed by atoms with van der Waals surface area (Å²) in [4.78, 5) is 11.8. The number of aromatic carboxylic acids is 1. The largest absolute Gasteiger partial charge is 0.478 e. The molecule has 0 heterocycles. The molecule has 0 saturated heterocycles. The van der Waals surface area contributed by atoms with E-state index in [0.717, 1.165) is 38.5 Å². The zero-order valence-electron chi connectivity index (χ0n) is 21.6. The number of carboxylic acids is 1. The van der Waals surface area contributed by atoms with Crippen LogP contribution in [0.5, 0.6) is 0 Å². The van der Waals surface area contributed by atoms with Crippen molar-refractivity contribution in [3.8, 4) is 11.1 Å². The van der Waals surface area contributed by atoms with Crippen LogP contribution in [-0.2, 0) is 6.42 Å². The predicted octanol–water partition coefficient (Wildman–Crippen LogP) is 10.3. The maximum Gasteiger partial charge on any atom is 0.336 e. The number of carboxylic acid groups (broad SMARTS) is 1. The molecule has 1 N–H and O–H groups in total. The summed E-state index contributed by atoms with van der Waals surface area (Å²) in [6.07, 6.45) is 14.6. The zero-order valence-corrected chi connectivity index (χ0v) is 21.6. The molecule has 4 heteroatoms. The molecular weight excluding hydrogens is 442 g/mol. The van der Waals surface area contributed by atoms with Crippen LogP contribution in [0.15, 0.2) is 48.3 Å². The van der Waals surface area contributed by atoms with Crippen LogP contribution in [0.1, 0.15) is 119 Å². The maximum atomic E-state index is 14.8. The zero-order chi connectivity index (χ0) is 25.5. The third-order valence-electron chi connectivity index (χ3n) is 6.58. The first-order valence-electron chi connectivity index (χ1n) is 13.5. The summed E-state index contributed by atoms with van der Waals surface area (Å²) in [5.74, 6) is -2.74. The van der Waals surface area contributed by atoms with Gasteiger partial charge < -0.3 is 5.11 Å². The van der Waals surface area contributed by atoms with Gasteiger partial charge >= 0.3 is 5.97 Å². The Hall–Kier alpha value is -2.49. The first-order valence-corrected chi connectivity index (χ1v) is 13.5. The molecule has 2 rings (SSSR count). The minimum atomic E-state index is -1.08. The minimum Gasteiger partial charge on any atom is -0.478 e. The van der Waals surface area contributed by atoms with Crippen molar-refractivity contribution < 1.29 is 18.7 Å². The van der Waals surface area contributed by atoms with Gasteiger partial charge in [-0.05, 0) is 48.1 Å². The summed E-state index contributed by atoms with van der Waals surface area (Å²) in [5, 5.41) is 9.65. The molecule has 0 amide bonds. The van der Waals surface area contributed by atoms with E-state index in [1.165, 1.54) is 62.3 Å². The van der Waals surface area contributed by atoms with Gasteiger partial charge in [0.15, 0.2) is 5.83 Å². The van der Waals surface area contributed by atoms with Gasteiger partial charge in [0.2, 0.25) is 0 Å². The average Bonchev–Trinajstić information content (AvgIpc) is 2.87. The number of rotatable bonds is 17. The van der Waals surface area contributed by atoms with E-state index >= 15 is 0 Å². The van der Waals surface area contributed by atoms with E-state index in [1.807, 2.05) is 24.3 Å². The van der Waals surface area contributed by atoms with Crippen molar-refractivity contribution in [3.05, 3.63) is 65.0 Å². The van der Waals surface area contributed by atoms with Crippen LogP contribution in [0.25, 0.3) is 17.0 Å². The van der Waals surface area contributed by atoms with Gasteiger partial charge in [-0.15, -0.1) is 0 Å². The van der Waals surface area contributed by atoms with Gasteiger partial charge in [0.1, 0.15) is 5.83 Å². The third kappa shape index (κ3) is 9.95. The number of carbonyl (C=O) groups is 1. The SMILES string of the molecule is CCCCCCCCCc1ccc(-c2cc(C(F)=C(F)CCCCCCC)ccc2C(=O)O)cc1. The van der Waals surface area contributed by atoms with Crippen LogP contribution in [0.2, 0.25) is 0 Å². The molecule has 0 spiro atoms. The van der Waals surface area contributed by atoms with Gasteiger partial charge in [-0.1, -0.05) is 108 Å². The average molecular weight is 485 g/mol. The number of halogens is 2. The fraction of sp³-hybridized carbons (Fsp3) is 0.516. The molecule has 0 saturated carbocycles. The van der Waals surface area contributed by atoms with Crippen molar-refractivity contribution in [3.63, 3.8) is 0 Å². The Balaban J connectivity index is 2.08. The van der Waals surface area contributed by atoms with Crippen LogP contribution < -0.4 is 0 Å². The lowest BCUT2D eigenvalue weighted by atomic mass is 9.95. The molecule has 35 heavy (non-hydrogen) atoms. The monoisotopic (exact) mass is 484 g/mol. The summed E-state index contributed by atoms with van der Waals surface area (Å²) < 4.78 is 29.3. The van der Waals surface area contributed by atoms with Gasteiger partial charge in [-0.25, -0.2) is 13.6 Å². The Morgan fingerprint density at radius 2 is 1.31 bits per heavy atom.